The van der Waals surface area contributed by atoms with Gasteiger partial charge in [0.1, 0.15) is 11.9 Å². The van der Waals surface area contributed by atoms with E-state index in [2.05, 4.69) is 10.4 Å². The molecule has 0 aliphatic carbocycles. The molecule has 1 atom stereocenters. The zero-order chi connectivity index (χ0) is 16.4. The van der Waals surface area contributed by atoms with E-state index in [1.165, 1.54) is 0 Å². The number of hydrogen-bond donors (Lipinski definition) is 1. The van der Waals surface area contributed by atoms with Gasteiger partial charge in [0, 0.05) is 17.4 Å². The van der Waals surface area contributed by atoms with Crippen molar-refractivity contribution in [3.8, 4) is 0 Å². The van der Waals surface area contributed by atoms with E-state index in [1.54, 1.807) is 16.2 Å². The summed E-state index contributed by atoms with van der Waals surface area (Å²) in [6.45, 7) is 4.88. The number of fused-ring (bicyclic) bond motifs is 1. The first-order chi connectivity index (χ1) is 11.1. The molecule has 1 aliphatic heterocycles. The van der Waals surface area contributed by atoms with E-state index >= 15 is 0 Å². The van der Waals surface area contributed by atoms with E-state index in [4.69, 9.17) is 0 Å². The number of carbonyl (C=O) groups excluding carboxylic acids is 2. The Bertz CT molecular complexity index is 708. The van der Waals surface area contributed by atoms with Gasteiger partial charge in [0.25, 0.3) is 0 Å². The lowest BCUT2D eigenvalue weighted by molar-refractivity contribution is -0.127. The van der Waals surface area contributed by atoms with Gasteiger partial charge in [-0.25, -0.2) is 4.68 Å². The van der Waals surface area contributed by atoms with Crippen LogP contribution in [0.4, 0.5) is 5.82 Å². The molecule has 0 unspecified atom stereocenters. The van der Waals surface area contributed by atoms with Gasteiger partial charge >= 0.3 is 0 Å². The molecule has 0 fully saturated rings. The first kappa shape index (κ1) is 15.7. The van der Waals surface area contributed by atoms with Gasteiger partial charge in [-0.1, -0.05) is 13.0 Å². The minimum Gasteiger partial charge on any atom is -0.349 e. The van der Waals surface area contributed by atoms with Gasteiger partial charge < -0.3 is 5.32 Å². The smallest absolute Gasteiger partial charge is 0.243 e. The summed E-state index contributed by atoms with van der Waals surface area (Å²) in [5.41, 5.74) is 0.855. The van der Waals surface area contributed by atoms with Crippen LogP contribution < -0.4 is 10.2 Å². The fraction of sp³-hybridized carbons (Fsp3) is 0.438. The number of aromatic nitrogens is 2. The van der Waals surface area contributed by atoms with Gasteiger partial charge in [-0.3, -0.25) is 14.5 Å². The largest absolute Gasteiger partial charge is 0.349 e. The number of amides is 2. The molecular weight excluding hydrogens is 312 g/mol. The van der Waals surface area contributed by atoms with E-state index in [0.29, 0.717) is 25.9 Å². The fourth-order valence-corrected chi connectivity index (χ4v) is 3.51. The molecule has 2 aromatic rings. The summed E-state index contributed by atoms with van der Waals surface area (Å²) in [5, 5.41) is 9.31. The Kier molecular flexibility index (Phi) is 4.47. The van der Waals surface area contributed by atoms with E-state index in [0.717, 1.165) is 16.4 Å². The molecule has 1 aliphatic rings. The zero-order valence-corrected chi connectivity index (χ0v) is 14.1. The molecule has 1 N–H and O–H groups in total. The van der Waals surface area contributed by atoms with Crippen molar-refractivity contribution in [2.24, 2.45) is 0 Å². The van der Waals surface area contributed by atoms with Crippen LogP contribution in [0.25, 0.3) is 0 Å². The summed E-state index contributed by atoms with van der Waals surface area (Å²) in [4.78, 5) is 27.7. The van der Waals surface area contributed by atoms with Gasteiger partial charge in [-0.15, -0.1) is 11.3 Å². The van der Waals surface area contributed by atoms with Crippen molar-refractivity contribution in [2.45, 2.75) is 45.8 Å². The topological polar surface area (TPSA) is 67.2 Å². The van der Waals surface area contributed by atoms with Crippen molar-refractivity contribution >= 4 is 29.0 Å². The van der Waals surface area contributed by atoms with E-state index < -0.39 is 6.04 Å². The molecule has 2 amide bonds. The third-order valence-electron chi connectivity index (χ3n) is 3.95. The van der Waals surface area contributed by atoms with Gasteiger partial charge in [0.2, 0.25) is 11.8 Å². The number of thiophene rings is 1. The number of hydrogen-bond acceptors (Lipinski definition) is 4. The predicted molar refractivity (Wildman–Crippen MR) is 89.3 cm³/mol. The summed E-state index contributed by atoms with van der Waals surface area (Å²) in [6, 6.07) is 5.30. The second-order valence-corrected chi connectivity index (χ2v) is 6.63. The van der Waals surface area contributed by atoms with E-state index in [-0.39, 0.29) is 11.8 Å². The first-order valence-electron chi connectivity index (χ1n) is 7.76. The molecule has 0 saturated carbocycles. The SMILES string of the molecule is CC[C@@H](C(=O)NCc1cccs1)N1C(=O)CCn2nc(C)cc21. The summed E-state index contributed by atoms with van der Waals surface area (Å²) in [7, 11) is 0. The van der Waals surface area contributed by atoms with Gasteiger partial charge in [-0.2, -0.15) is 5.10 Å². The molecule has 0 spiro atoms. The average molecular weight is 332 g/mol. The molecule has 23 heavy (non-hydrogen) atoms. The Balaban J connectivity index is 1.79. The Morgan fingerprint density at radius 3 is 3.04 bits per heavy atom. The molecule has 0 aromatic carbocycles. The summed E-state index contributed by atoms with van der Waals surface area (Å²) < 4.78 is 1.81. The zero-order valence-electron chi connectivity index (χ0n) is 13.3. The molecule has 0 saturated heterocycles. The van der Waals surface area contributed by atoms with Crippen LogP contribution in [0.5, 0.6) is 0 Å². The minimum absolute atomic E-state index is 0.0180. The normalized spacial score (nSPS) is 15.4. The lowest BCUT2D eigenvalue weighted by Gasteiger charge is -2.33. The Hall–Kier alpha value is -2.15. The van der Waals surface area contributed by atoms with Crippen LogP contribution in [0.1, 0.15) is 30.3 Å². The third-order valence-corrected chi connectivity index (χ3v) is 4.83. The monoisotopic (exact) mass is 332 g/mol. The van der Waals surface area contributed by atoms with Crippen LogP contribution in [0.15, 0.2) is 23.6 Å². The second-order valence-electron chi connectivity index (χ2n) is 5.60. The van der Waals surface area contributed by atoms with Crippen LogP contribution in [-0.2, 0) is 22.7 Å². The van der Waals surface area contributed by atoms with Crippen molar-refractivity contribution in [1.29, 1.82) is 0 Å². The molecular formula is C16H20N4O2S. The Morgan fingerprint density at radius 2 is 2.35 bits per heavy atom. The van der Waals surface area contributed by atoms with Crippen LogP contribution in [0.2, 0.25) is 0 Å². The van der Waals surface area contributed by atoms with E-state index in [1.807, 2.05) is 42.1 Å². The van der Waals surface area contributed by atoms with Crippen LogP contribution in [0.3, 0.4) is 0 Å². The molecule has 3 heterocycles. The van der Waals surface area contributed by atoms with Gasteiger partial charge in [0.15, 0.2) is 0 Å². The van der Waals surface area contributed by atoms with E-state index in [9.17, 15) is 9.59 Å². The highest BCUT2D eigenvalue weighted by molar-refractivity contribution is 7.09. The lowest BCUT2D eigenvalue weighted by Crippen LogP contribution is -2.52. The van der Waals surface area contributed by atoms with Crippen molar-refractivity contribution in [2.75, 3.05) is 4.90 Å². The van der Waals surface area contributed by atoms with Gasteiger partial charge in [0.05, 0.1) is 18.8 Å². The Morgan fingerprint density at radius 1 is 1.52 bits per heavy atom. The summed E-state index contributed by atoms with van der Waals surface area (Å²) in [6.07, 6.45) is 0.940. The first-order valence-corrected chi connectivity index (χ1v) is 8.64. The maximum absolute atomic E-state index is 12.6. The summed E-state index contributed by atoms with van der Waals surface area (Å²) >= 11 is 1.60. The highest BCUT2D eigenvalue weighted by Gasteiger charge is 2.34. The predicted octanol–water partition coefficient (Wildman–Crippen LogP) is 2.08. The molecule has 3 rings (SSSR count). The van der Waals surface area contributed by atoms with Crippen molar-refractivity contribution in [1.82, 2.24) is 15.1 Å². The highest BCUT2D eigenvalue weighted by atomic mass is 32.1. The second kappa shape index (κ2) is 6.54. The van der Waals surface area contributed by atoms with Crippen LogP contribution in [-0.4, -0.2) is 27.6 Å². The molecule has 6 nitrogen and oxygen atoms in total. The van der Waals surface area contributed by atoms with Crippen molar-refractivity contribution in [3.05, 3.63) is 34.2 Å². The quantitative estimate of drug-likeness (QED) is 0.911. The fourth-order valence-electron chi connectivity index (χ4n) is 2.86. The minimum atomic E-state index is -0.502. The number of nitrogens with one attached hydrogen (secondary N) is 1. The van der Waals surface area contributed by atoms with Crippen molar-refractivity contribution in [3.63, 3.8) is 0 Å². The maximum atomic E-state index is 12.6. The van der Waals surface area contributed by atoms with Crippen LogP contribution in [0, 0.1) is 6.92 Å². The standard InChI is InChI=1S/C16H20N4O2S/c1-3-13(16(22)17-10-12-5-4-8-23-12)20-14-9-11(2)18-19(14)7-6-15(20)21/h4-5,8-9,13H,3,6-7,10H2,1-2H3,(H,17,22)/t13-/m0/s1. The van der Waals surface area contributed by atoms with Crippen LogP contribution >= 0.6 is 11.3 Å². The number of rotatable bonds is 5. The number of anilines is 1. The lowest BCUT2D eigenvalue weighted by atomic mass is 10.1. The molecule has 0 bridgehead atoms. The van der Waals surface area contributed by atoms with Gasteiger partial charge in [-0.05, 0) is 24.8 Å². The number of aryl methyl sites for hydroxylation is 2. The Labute approximate surface area is 139 Å². The molecule has 0 radical (unpaired) electrons. The number of nitrogens with zero attached hydrogens (tertiary/aromatic N) is 3. The average Bonchev–Trinajstić information content (AvgIpc) is 3.16. The number of carbonyl (C=O) groups is 2. The molecule has 122 valence electrons. The third kappa shape index (κ3) is 3.14. The summed E-state index contributed by atoms with van der Waals surface area (Å²) in [5.74, 6) is 0.578. The van der Waals surface area contributed by atoms with Crippen molar-refractivity contribution < 1.29 is 9.59 Å². The highest BCUT2D eigenvalue weighted by Crippen LogP contribution is 2.26. The molecule has 7 heteroatoms. The molecule has 2 aromatic heterocycles. The maximum Gasteiger partial charge on any atom is 0.243 e.